The zero-order chi connectivity index (χ0) is 14.0. The van der Waals surface area contributed by atoms with E-state index in [1.165, 1.54) is 0 Å². The molecular formula is C17H24O. The van der Waals surface area contributed by atoms with Gasteiger partial charge in [-0.2, -0.15) is 0 Å². The molecule has 0 aromatic heterocycles. The van der Waals surface area contributed by atoms with Crippen LogP contribution < -0.4 is 0 Å². The summed E-state index contributed by atoms with van der Waals surface area (Å²) < 4.78 is 5.96. The second kappa shape index (κ2) is 8.48. The molecule has 0 rings (SSSR count). The molecule has 0 bridgehead atoms. The molecule has 0 N–H and O–H groups in total. The van der Waals surface area contributed by atoms with Gasteiger partial charge < -0.3 is 4.74 Å². The lowest BCUT2D eigenvalue weighted by molar-refractivity contribution is 0.0369. The molecule has 0 radical (unpaired) electrons. The fourth-order valence-electron chi connectivity index (χ4n) is 1.79. The summed E-state index contributed by atoms with van der Waals surface area (Å²) in [5, 5.41) is 0. The van der Waals surface area contributed by atoms with E-state index in [1.54, 1.807) is 6.08 Å². The number of hydrogen-bond acceptors (Lipinski definition) is 1. The van der Waals surface area contributed by atoms with Crippen LogP contribution in [0.25, 0.3) is 0 Å². The fourth-order valence-corrected chi connectivity index (χ4v) is 1.79. The molecule has 0 aliphatic rings. The summed E-state index contributed by atoms with van der Waals surface area (Å²) in [6.07, 6.45) is 12.0. The Balaban J connectivity index is 5.52. The van der Waals surface area contributed by atoms with E-state index in [2.05, 4.69) is 26.3 Å². The molecule has 1 heteroatoms. The number of ether oxygens (including phenoxy) is 1. The molecule has 0 fully saturated rings. The quantitative estimate of drug-likeness (QED) is 0.419. The molecular weight excluding hydrogens is 220 g/mol. The zero-order valence-corrected chi connectivity index (χ0v) is 11.6. The van der Waals surface area contributed by atoms with Crippen molar-refractivity contribution in [1.82, 2.24) is 0 Å². The average Bonchev–Trinajstić information content (AvgIpc) is 2.35. The minimum absolute atomic E-state index is 0.445. The van der Waals surface area contributed by atoms with Crippen LogP contribution in [-0.4, -0.2) is 12.2 Å². The second-order valence-electron chi connectivity index (χ2n) is 3.97. The van der Waals surface area contributed by atoms with Gasteiger partial charge in [-0.25, -0.2) is 0 Å². The van der Waals surface area contributed by atoms with Crippen molar-refractivity contribution >= 4 is 0 Å². The Labute approximate surface area is 112 Å². The standard InChI is InChI=1S/C17H24O/c1-7-11-15(5)17(13-9-3,18-14-10-4)16(6)12-8-2/h7-12H,3-6,13-14H2,1-2H3. The van der Waals surface area contributed by atoms with E-state index in [0.717, 1.165) is 11.1 Å². The molecule has 0 aromatic carbocycles. The van der Waals surface area contributed by atoms with Crippen molar-refractivity contribution in [2.75, 3.05) is 6.61 Å². The van der Waals surface area contributed by atoms with Crippen LogP contribution in [0.15, 0.2) is 73.9 Å². The van der Waals surface area contributed by atoms with E-state index in [1.807, 2.05) is 44.2 Å². The Kier molecular flexibility index (Phi) is 7.73. The van der Waals surface area contributed by atoms with Gasteiger partial charge in [0.1, 0.15) is 5.60 Å². The molecule has 98 valence electrons. The van der Waals surface area contributed by atoms with E-state index in [0.29, 0.717) is 13.0 Å². The van der Waals surface area contributed by atoms with Gasteiger partial charge in [0.05, 0.1) is 6.61 Å². The third-order valence-electron chi connectivity index (χ3n) is 2.65. The highest BCUT2D eigenvalue weighted by Crippen LogP contribution is 2.34. The highest BCUT2D eigenvalue weighted by atomic mass is 16.5. The molecule has 0 atom stereocenters. The van der Waals surface area contributed by atoms with E-state index in [4.69, 9.17) is 4.74 Å². The van der Waals surface area contributed by atoms with E-state index < -0.39 is 5.60 Å². The van der Waals surface area contributed by atoms with Crippen molar-refractivity contribution in [3.05, 3.63) is 73.9 Å². The Morgan fingerprint density at radius 3 is 1.83 bits per heavy atom. The Bertz CT molecular complexity index is 345. The molecule has 0 aromatic rings. The third-order valence-corrected chi connectivity index (χ3v) is 2.65. The van der Waals surface area contributed by atoms with Crippen LogP contribution in [0.1, 0.15) is 20.3 Å². The topological polar surface area (TPSA) is 9.23 Å². The van der Waals surface area contributed by atoms with Gasteiger partial charge in [0.25, 0.3) is 0 Å². The van der Waals surface area contributed by atoms with E-state index >= 15 is 0 Å². The number of allylic oxidation sites excluding steroid dienone is 2. The van der Waals surface area contributed by atoms with Crippen molar-refractivity contribution in [1.29, 1.82) is 0 Å². The molecule has 0 saturated heterocycles. The van der Waals surface area contributed by atoms with Gasteiger partial charge in [0.2, 0.25) is 0 Å². The Morgan fingerprint density at radius 1 is 1.00 bits per heavy atom. The van der Waals surface area contributed by atoms with Crippen LogP contribution in [0.2, 0.25) is 0 Å². The summed E-state index contributed by atoms with van der Waals surface area (Å²) in [5.41, 5.74) is 1.11. The van der Waals surface area contributed by atoms with Crippen LogP contribution in [-0.2, 0) is 4.74 Å². The molecule has 1 nitrogen and oxygen atoms in total. The maximum atomic E-state index is 5.96. The van der Waals surface area contributed by atoms with E-state index in [-0.39, 0.29) is 0 Å². The van der Waals surface area contributed by atoms with Crippen molar-refractivity contribution in [3.8, 4) is 0 Å². The summed E-state index contributed by atoms with van der Waals surface area (Å²) in [5.74, 6) is 0. The summed E-state index contributed by atoms with van der Waals surface area (Å²) in [7, 11) is 0. The minimum atomic E-state index is -0.630. The summed E-state index contributed by atoms with van der Waals surface area (Å²) in [6, 6.07) is 0. The maximum Gasteiger partial charge on any atom is 0.121 e. The smallest absolute Gasteiger partial charge is 0.121 e. The zero-order valence-electron chi connectivity index (χ0n) is 11.6. The van der Waals surface area contributed by atoms with Crippen LogP contribution in [0.4, 0.5) is 0 Å². The highest BCUT2D eigenvalue weighted by molar-refractivity contribution is 5.42. The van der Waals surface area contributed by atoms with Gasteiger partial charge in [-0.15, -0.1) is 13.2 Å². The van der Waals surface area contributed by atoms with Crippen molar-refractivity contribution in [2.24, 2.45) is 0 Å². The normalized spacial score (nSPS) is 14.6. The first-order chi connectivity index (χ1) is 8.58. The van der Waals surface area contributed by atoms with Gasteiger partial charge in [-0.3, -0.25) is 0 Å². The molecule has 0 aliphatic heterocycles. The lowest BCUT2D eigenvalue weighted by atomic mass is 9.83. The summed E-state index contributed by atoms with van der Waals surface area (Å²) >= 11 is 0. The molecule has 0 saturated carbocycles. The number of hydrogen-bond donors (Lipinski definition) is 0. The molecule has 0 spiro atoms. The molecule has 18 heavy (non-hydrogen) atoms. The van der Waals surface area contributed by atoms with Gasteiger partial charge in [0.15, 0.2) is 0 Å². The lowest BCUT2D eigenvalue weighted by Gasteiger charge is -2.34. The maximum absolute atomic E-state index is 5.96. The lowest BCUT2D eigenvalue weighted by Crippen LogP contribution is -2.35. The van der Waals surface area contributed by atoms with Gasteiger partial charge in [0, 0.05) is 6.42 Å². The summed E-state index contributed by atoms with van der Waals surface area (Å²) in [6.45, 7) is 20.1. The van der Waals surface area contributed by atoms with Gasteiger partial charge in [-0.05, 0) is 25.0 Å². The van der Waals surface area contributed by atoms with Crippen LogP contribution >= 0.6 is 0 Å². The van der Waals surface area contributed by atoms with Crippen molar-refractivity contribution in [3.63, 3.8) is 0 Å². The first-order valence-electron chi connectivity index (χ1n) is 6.09. The Morgan fingerprint density at radius 2 is 1.50 bits per heavy atom. The molecule has 0 amide bonds. The largest absolute Gasteiger partial charge is 0.361 e. The monoisotopic (exact) mass is 244 g/mol. The number of rotatable bonds is 9. The van der Waals surface area contributed by atoms with Crippen LogP contribution in [0, 0.1) is 0 Å². The van der Waals surface area contributed by atoms with Gasteiger partial charge >= 0.3 is 0 Å². The molecule has 0 aliphatic carbocycles. The first kappa shape index (κ1) is 16.4. The summed E-state index contributed by atoms with van der Waals surface area (Å²) in [4.78, 5) is 0. The average molecular weight is 244 g/mol. The Hall–Kier alpha value is -1.60. The first-order valence-corrected chi connectivity index (χ1v) is 6.09. The van der Waals surface area contributed by atoms with E-state index in [9.17, 15) is 0 Å². The molecule has 0 heterocycles. The SMILES string of the molecule is C=CCOC(CC=C)(C(=C)C=CC)C(=C)C=CC. The van der Waals surface area contributed by atoms with Crippen molar-refractivity contribution in [2.45, 2.75) is 25.9 Å². The van der Waals surface area contributed by atoms with Crippen molar-refractivity contribution < 1.29 is 4.74 Å². The van der Waals surface area contributed by atoms with Crippen LogP contribution in [0.5, 0.6) is 0 Å². The predicted molar refractivity (Wildman–Crippen MR) is 81.6 cm³/mol. The predicted octanol–water partition coefficient (Wildman–Crippen LogP) is 4.77. The van der Waals surface area contributed by atoms with Crippen LogP contribution in [0.3, 0.4) is 0 Å². The van der Waals surface area contributed by atoms with Gasteiger partial charge in [-0.1, -0.05) is 49.6 Å². The fraction of sp³-hybridized carbons (Fsp3) is 0.294. The highest BCUT2D eigenvalue weighted by Gasteiger charge is 2.33. The second-order valence-corrected chi connectivity index (χ2v) is 3.97. The molecule has 0 unspecified atom stereocenters. The third kappa shape index (κ3) is 4.01. The minimum Gasteiger partial charge on any atom is -0.361 e.